The number of aliphatic carboxylic acids is 2. The molecule has 0 aromatic carbocycles. The zero-order chi connectivity index (χ0) is 12.2. The second-order valence-electron chi connectivity index (χ2n) is 1.61. The van der Waals surface area contributed by atoms with Crippen LogP contribution in [0.25, 0.3) is 0 Å². The summed E-state index contributed by atoms with van der Waals surface area (Å²) in [6.45, 7) is 0. The molecule has 0 aliphatic carbocycles. The van der Waals surface area contributed by atoms with Gasteiger partial charge in [-0.2, -0.15) is 0 Å². The number of halogens is 6. The molecule has 0 bridgehead atoms. The SMILES string of the molecule is O=C(O)C(Cl)(Cl)Cl.O=C(O)C(Cl)(Cl)Cl.[Ca]. The monoisotopic (exact) mass is 364 g/mol. The van der Waals surface area contributed by atoms with Gasteiger partial charge in [0.2, 0.25) is 0 Å². The van der Waals surface area contributed by atoms with E-state index in [0.29, 0.717) is 0 Å². The molecule has 0 aromatic heterocycles. The number of carbonyl (C=O) groups is 2. The van der Waals surface area contributed by atoms with Crippen molar-refractivity contribution in [3.63, 3.8) is 0 Å². The molecule has 0 rings (SSSR count). The minimum absolute atomic E-state index is 0. The van der Waals surface area contributed by atoms with Crippen LogP contribution in [0.5, 0.6) is 0 Å². The van der Waals surface area contributed by atoms with Crippen LogP contribution in [0.4, 0.5) is 0 Å². The molecule has 11 heteroatoms. The minimum atomic E-state index is -2.17. The fourth-order valence-electron chi connectivity index (χ4n) is 0. The topological polar surface area (TPSA) is 74.6 Å². The van der Waals surface area contributed by atoms with Crippen LogP contribution < -0.4 is 0 Å². The van der Waals surface area contributed by atoms with Gasteiger partial charge in [0.05, 0.1) is 0 Å². The van der Waals surface area contributed by atoms with Crippen LogP contribution in [0, 0.1) is 0 Å². The molecular formula is C4H2CaCl6O4. The second-order valence-corrected chi connectivity index (χ2v) is 6.17. The Morgan fingerprint density at radius 2 is 0.800 bits per heavy atom. The Hall–Kier alpha value is 1.94. The van der Waals surface area contributed by atoms with Crippen molar-refractivity contribution in [1.82, 2.24) is 0 Å². The van der Waals surface area contributed by atoms with E-state index < -0.39 is 19.5 Å². The van der Waals surface area contributed by atoms with Crippen molar-refractivity contribution in [2.24, 2.45) is 0 Å². The maximum atomic E-state index is 9.62. The molecule has 2 N–H and O–H groups in total. The van der Waals surface area contributed by atoms with E-state index in [1.165, 1.54) is 0 Å². The van der Waals surface area contributed by atoms with Crippen molar-refractivity contribution in [1.29, 1.82) is 0 Å². The van der Waals surface area contributed by atoms with E-state index in [1.54, 1.807) is 0 Å². The van der Waals surface area contributed by atoms with Crippen LogP contribution >= 0.6 is 69.6 Å². The zero-order valence-electron chi connectivity index (χ0n) is 6.69. The molecule has 0 fully saturated rings. The van der Waals surface area contributed by atoms with Gasteiger partial charge in [0.15, 0.2) is 0 Å². The maximum Gasteiger partial charge on any atom is 0.356 e. The third-order valence-electron chi connectivity index (χ3n) is 0.485. The van der Waals surface area contributed by atoms with Gasteiger partial charge < -0.3 is 10.2 Å². The molecule has 0 aromatic rings. The number of carboxylic acid groups (broad SMARTS) is 2. The standard InChI is InChI=1S/2C2HCl3O2.Ca/c2*3-2(4,5)1(6)7;/h2*(H,6,7);. The molecular weight excluding hydrogens is 365 g/mol. The zero-order valence-corrected chi connectivity index (χ0v) is 13.4. The third-order valence-corrected chi connectivity index (χ3v) is 1.46. The summed E-state index contributed by atoms with van der Waals surface area (Å²) in [6.07, 6.45) is 0. The Labute approximate surface area is 145 Å². The summed E-state index contributed by atoms with van der Waals surface area (Å²) < 4.78 is -4.33. The van der Waals surface area contributed by atoms with Gasteiger partial charge in [-0.25, -0.2) is 9.59 Å². The molecule has 0 atom stereocenters. The number of alkyl halides is 6. The van der Waals surface area contributed by atoms with Crippen molar-refractivity contribution in [3.05, 3.63) is 0 Å². The fraction of sp³-hybridized carbons (Fsp3) is 0.500. The van der Waals surface area contributed by atoms with Crippen molar-refractivity contribution < 1.29 is 19.8 Å². The second kappa shape index (κ2) is 8.95. The van der Waals surface area contributed by atoms with Crippen LogP contribution in [-0.2, 0) is 9.59 Å². The third kappa shape index (κ3) is 15.9. The minimum Gasteiger partial charge on any atom is -0.478 e. The Bertz CT molecular complexity index is 196. The van der Waals surface area contributed by atoms with Crippen LogP contribution in [-0.4, -0.2) is 67.5 Å². The molecule has 0 amide bonds. The first kappa shape index (κ1) is 22.1. The Balaban J connectivity index is -0.000000180. The molecule has 0 aliphatic heterocycles. The van der Waals surface area contributed by atoms with Crippen molar-refractivity contribution in [2.45, 2.75) is 7.59 Å². The molecule has 2 radical (unpaired) electrons. The summed E-state index contributed by atoms with van der Waals surface area (Å²) in [5.74, 6) is -2.92. The van der Waals surface area contributed by atoms with E-state index in [2.05, 4.69) is 0 Å². The number of carboxylic acids is 2. The summed E-state index contributed by atoms with van der Waals surface area (Å²) in [5.41, 5.74) is 0. The molecule has 15 heavy (non-hydrogen) atoms. The quantitative estimate of drug-likeness (QED) is 0.510. The Kier molecular flexibility index (Phi) is 13.2. The van der Waals surface area contributed by atoms with Crippen molar-refractivity contribution in [3.8, 4) is 0 Å². The Morgan fingerprint density at radius 1 is 0.733 bits per heavy atom. The predicted octanol–water partition coefficient (Wildman–Crippen LogP) is 2.50. The van der Waals surface area contributed by atoms with Gasteiger partial charge in [-0.05, 0) is 0 Å². The Morgan fingerprint density at radius 3 is 0.800 bits per heavy atom. The summed E-state index contributed by atoms with van der Waals surface area (Å²) in [7, 11) is 0. The largest absolute Gasteiger partial charge is 0.478 e. The molecule has 0 heterocycles. The van der Waals surface area contributed by atoms with E-state index in [1.807, 2.05) is 0 Å². The van der Waals surface area contributed by atoms with Gasteiger partial charge in [0.25, 0.3) is 7.59 Å². The van der Waals surface area contributed by atoms with E-state index in [4.69, 9.17) is 79.8 Å². The predicted molar refractivity (Wildman–Crippen MR) is 61.6 cm³/mol. The molecule has 0 unspecified atom stereocenters. The molecule has 0 saturated heterocycles. The van der Waals surface area contributed by atoms with E-state index in [-0.39, 0.29) is 37.7 Å². The smallest absolute Gasteiger partial charge is 0.356 e. The van der Waals surface area contributed by atoms with Crippen molar-refractivity contribution >= 4 is 119 Å². The van der Waals surface area contributed by atoms with Gasteiger partial charge in [-0.15, -0.1) is 0 Å². The molecule has 0 saturated carbocycles. The van der Waals surface area contributed by atoms with Gasteiger partial charge in [0.1, 0.15) is 0 Å². The average Bonchev–Trinajstić information content (AvgIpc) is 1.83. The van der Waals surface area contributed by atoms with Gasteiger partial charge in [0, 0.05) is 37.7 Å². The van der Waals surface area contributed by atoms with Crippen LogP contribution in [0.3, 0.4) is 0 Å². The first-order valence-corrected chi connectivity index (χ1v) is 4.76. The first-order chi connectivity index (χ1) is 5.89. The molecule has 0 spiro atoms. The van der Waals surface area contributed by atoms with E-state index in [9.17, 15) is 9.59 Å². The van der Waals surface area contributed by atoms with Crippen molar-refractivity contribution in [2.75, 3.05) is 0 Å². The molecule has 0 aliphatic rings. The van der Waals surface area contributed by atoms with Gasteiger partial charge in [-0.3, -0.25) is 0 Å². The summed E-state index contributed by atoms with van der Waals surface area (Å²) >= 11 is 28.8. The summed E-state index contributed by atoms with van der Waals surface area (Å²) in [4.78, 5) is 19.2. The number of hydrogen-bond acceptors (Lipinski definition) is 2. The van der Waals surface area contributed by atoms with E-state index in [0.717, 1.165) is 0 Å². The number of hydrogen-bond donors (Lipinski definition) is 2. The number of rotatable bonds is 0. The van der Waals surface area contributed by atoms with Crippen LogP contribution in [0.15, 0.2) is 0 Å². The average molecular weight is 367 g/mol. The summed E-state index contributed by atoms with van der Waals surface area (Å²) in [6, 6.07) is 0. The molecule has 4 nitrogen and oxygen atoms in total. The van der Waals surface area contributed by atoms with E-state index >= 15 is 0 Å². The van der Waals surface area contributed by atoms with Crippen LogP contribution in [0.2, 0.25) is 0 Å². The first-order valence-electron chi connectivity index (χ1n) is 2.49. The van der Waals surface area contributed by atoms with Gasteiger partial charge in [-0.1, -0.05) is 69.6 Å². The normalized spacial score (nSPS) is 10.5. The van der Waals surface area contributed by atoms with Gasteiger partial charge >= 0.3 is 11.9 Å². The fourth-order valence-corrected chi connectivity index (χ4v) is 0. The maximum absolute atomic E-state index is 9.62. The molecule has 86 valence electrons. The van der Waals surface area contributed by atoms with Crippen LogP contribution in [0.1, 0.15) is 0 Å². The summed E-state index contributed by atoms with van der Waals surface area (Å²) in [5, 5.41) is 15.7.